The molecule has 1 aliphatic rings. The van der Waals surface area contributed by atoms with Crippen molar-refractivity contribution in [2.75, 3.05) is 6.61 Å². The predicted molar refractivity (Wildman–Crippen MR) is 108 cm³/mol. The van der Waals surface area contributed by atoms with E-state index < -0.39 is 6.10 Å². The van der Waals surface area contributed by atoms with E-state index in [2.05, 4.69) is 11.6 Å². The smallest absolute Gasteiger partial charge is 0.262 e. The molecule has 0 fully saturated rings. The summed E-state index contributed by atoms with van der Waals surface area (Å²) in [6.07, 6.45) is 6.34. The number of ether oxygens (including phenoxy) is 1. The average molecular weight is 382 g/mol. The van der Waals surface area contributed by atoms with Crippen LogP contribution in [0.15, 0.2) is 48.0 Å². The van der Waals surface area contributed by atoms with Gasteiger partial charge in [-0.3, -0.25) is 9.36 Å². The Hall–Kier alpha value is -2.44. The molecule has 0 aliphatic heterocycles. The zero-order chi connectivity index (χ0) is 18.8. The molecule has 2 aromatic heterocycles. The van der Waals surface area contributed by atoms with Gasteiger partial charge in [0.2, 0.25) is 0 Å². The highest BCUT2D eigenvalue weighted by Gasteiger charge is 2.21. The number of fused-ring (bicyclic) bond motifs is 3. The number of nitrogens with zero attached hydrogens (tertiary/aromatic N) is 2. The molecule has 1 unspecified atom stereocenters. The lowest BCUT2D eigenvalue weighted by Crippen LogP contribution is -2.30. The first-order valence-corrected chi connectivity index (χ1v) is 9.98. The second-order valence-electron chi connectivity index (χ2n) is 6.80. The first kappa shape index (κ1) is 17.9. The zero-order valence-corrected chi connectivity index (χ0v) is 15.9. The third-order valence-electron chi connectivity index (χ3n) is 4.87. The van der Waals surface area contributed by atoms with Crippen molar-refractivity contribution < 1.29 is 9.84 Å². The fraction of sp³-hybridized carbons (Fsp3) is 0.333. The Morgan fingerprint density at radius 3 is 3.07 bits per heavy atom. The lowest BCUT2D eigenvalue weighted by atomic mass is 10.1. The Morgan fingerprint density at radius 1 is 1.37 bits per heavy atom. The number of hydrogen-bond acceptors (Lipinski definition) is 5. The van der Waals surface area contributed by atoms with Crippen LogP contribution in [0.4, 0.5) is 0 Å². The standard InChI is InChI=1S/C21H22N2O3S/c1-2-6-14-7-3-4-9-17(14)26-12-15(24)11-23-13-22-20-19(21(23)25)16-8-5-10-18(16)27-20/h2-4,7,9,13,15,24H,1,5-6,8,10-12H2. The van der Waals surface area contributed by atoms with Gasteiger partial charge in [0, 0.05) is 4.88 Å². The van der Waals surface area contributed by atoms with Crippen LogP contribution in [-0.2, 0) is 25.8 Å². The van der Waals surface area contributed by atoms with E-state index >= 15 is 0 Å². The number of aliphatic hydroxyl groups excluding tert-OH is 1. The van der Waals surface area contributed by atoms with Crippen LogP contribution in [0, 0.1) is 0 Å². The molecular formula is C21H22N2O3S. The maximum atomic E-state index is 12.9. The van der Waals surface area contributed by atoms with Crippen LogP contribution in [-0.4, -0.2) is 27.4 Å². The summed E-state index contributed by atoms with van der Waals surface area (Å²) in [5.41, 5.74) is 2.12. The summed E-state index contributed by atoms with van der Waals surface area (Å²) in [5, 5.41) is 11.1. The molecule has 1 atom stereocenters. The van der Waals surface area contributed by atoms with E-state index in [-0.39, 0.29) is 18.7 Å². The van der Waals surface area contributed by atoms with Gasteiger partial charge < -0.3 is 9.84 Å². The summed E-state index contributed by atoms with van der Waals surface area (Å²) in [6.45, 7) is 4.03. The maximum Gasteiger partial charge on any atom is 0.262 e. The quantitative estimate of drug-likeness (QED) is 0.638. The zero-order valence-electron chi connectivity index (χ0n) is 15.1. The van der Waals surface area contributed by atoms with Gasteiger partial charge in [0.1, 0.15) is 23.3 Å². The first-order chi connectivity index (χ1) is 13.2. The van der Waals surface area contributed by atoms with E-state index in [1.165, 1.54) is 15.8 Å². The Morgan fingerprint density at radius 2 is 2.22 bits per heavy atom. The Kier molecular flexibility index (Phi) is 5.09. The van der Waals surface area contributed by atoms with Gasteiger partial charge in [-0.05, 0) is 42.9 Å². The largest absolute Gasteiger partial charge is 0.491 e. The minimum Gasteiger partial charge on any atom is -0.491 e. The Labute approximate surface area is 161 Å². The van der Waals surface area contributed by atoms with Crippen LogP contribution in [0.2, 0.25) is 0 Å². The predicted octanol–water partition coefficient (Wildman–Crippen LogP) is 3.12. The summed E-state index contributed by atoms with van der Waals surface area (Å²) in [5.74, 6) is 0.730. The molecule has 0 bridgehead atoms. The van der Waals surface area contributed by atoms with Gasteiger partial charge in [-0.15, -0.1) is 17.9 Å². The molecule has 1 aromatic carbocycles. The maximum absolute atomic E-state index is 12.9. The lowest BCUT2D eigenvalue weighted by Gasteiger charge is -2.15. The number of rotatable bonds is 7. The molecule has 0 saturated carbocycles. The van der Waals surface area contributed by atoms with Crippen molar-refractivity contribution in [1.29, 1.82) is 0 Å². The van der Waals surface area contributed by atoms with Gasteiger partial charge in [0.05, 0.1) is 18.3 Å². The number of allylic oxidation sites excluding steroid dienone is 1. The molecule has 140 valence electrons. The van der Waals surface area contributed by atoms with Gasteiger partial charge >= 0.3 is 0 Å². The molecule has 4 rings (SSSR count). The number of para-hydroxylation sites is 1. The minimum atomic E-state index is -0.801. The normalized spacial score (nSPS) is 14.3. The molecule has 0 saturated heterocycles. The average Bonchev–Trinajstić information content (AvgIpc) is 3.24. The molecule has 6 heteroatoms. The van der Waals surface area contributed by atoms with E-state index in [0.29, 0.717) is 6.42 Å². The highest BCUT2D eigenvalue weighted by atomic mass is 32.1. The van der Waals surface area contributed by atoms with Crippen LogP contribution in [0.25, 0.3) is 10.2 Å². The number of benzene rings is 1. The number of thiophene rings is 1. The van der Waals surface area contributed by atoms with Crippen molar-refractivity contribution >= 4 is 21.6 Å². The van der Waals surface area contributed by atoms with Crippen LogP contribution in [0.3, 0.4) is 0 Å². The SMILES string of the molecule is C=CCc1ccccc1OCC(O)Cn1cnc2sc3c(c2c1=O)CCC3. The molecule has 2 heterocycles. The van der Waals surface area contributed by atoms with Crippen LogP contribution in [0.5, 0.6) is 5.75 Å². The first-order valence-electron chi connectivity index (χ1n) is 9.16. The third-order valence-corrected chi connectivity index (χ3v) is 6.07. The van der Waals surface area contributed by atoms with E-state index in [0.717, 1.165) is 46.4 Å². The van der Waals surface area contributed by atoms with Crippen molar-refractivity contribution in [3.63, 3.8) is 0 Å². The van der Waals surface area contributed by atoms with E-state index in [9.17, 15) is 9.90 Å². The van der Waals surface area contributed by atoms with Crippen molar-refractivity contribution in [3.8, 4) is 5.75 Å². The summed E-state index contributed by atoms with van der Waals surface area (Å²) in [4.78, 5) is 19.4. The second-order valence-corrected chi connectivity index (χ2v) is 7.89. The molecule has 0 radical (unpaired) electrons. The molecule has 1 N–H and O–H groups in total. The minimum absolute atomic E-state index is 0.0643. The van der Waals surface area contributed by atoms with E-state index in [1.807, 2.05) is 30.3 Å². The van der Waals surface area contributed by atoms with Crippen molar-refractivity contribution in [2.45, 2.75) is 38.3 Å². The molecule has 1 aliphatic carbocycles. The number of hydrogen-bond donors (Lipinski definition) is 1. The molecule has 0 spiro atoms. The van der Waals surface area contributed by atoms with E-state index in [1.54, 1.807) is 11.3 Å². The van der Waals surface area contributed by atoms with Crippen molar-refractivity contribution in [1.82, 2.24) is 9.55 Å². The summed E-state index contributed by atoms with van der Waals surface area (Å²) in [7, 11) is 0. The lowest BCUT2D eigenvalue weighted by molar-refractivity contribution is 0.0911. The molecule has 0 amide bonds. The summed E-state index contributed by atoms with van der Waals surface area (Å²) < 4.78 is 7.28. The molecule has 5 nitrogen and oxygen atoms in total. The Balaban J connectivity index is 1.49. The summed E-state index contributed by atoms with van der Waals surface area (Å²) >= 11 is 1.62. The van der Waals surface area contributed by atoms with Gasteiger partial charge in [-0.25, -0.2) is 4.98 Å². The number of aryl methyl sites for hydroxylation is 2. The monoisotopic (exact) mass is 382 g/mol. The van der Waals surface area contributed by atoms with Gasteiger partial charge in [-0.2, -0.15) is 0 Å². The van der Waals surface area contributed by atoms with Crippen molar-refractivity contribution in [3.05, 3.63) is 69.6 Å². The van der Waals surface area contributed by atoms with Gasteiger partial charge in [-0.1, -0.05) is 24.3 Å². The fourth-order valence-electron chi connectivity index (χ4n) is 3.58. The van der Waals surface area contributed by atoms with E-state index in [4.69, 9.17) is 4.74 Å². The highest BCUT2D eigenvalue weighted by Crippen LogP contribution is 2.34. The molecule has 3 aromatic rings. The third kappa shape index (κ3) is 3.55. The van der Waals surface area contributed by atoms with Gasteiger partial charge in [0.25, 0.3) is 5.56 Å². The van der Waals surface area contributed by atoms with Crippen LogP contribution >= 0.6 is 11.3 Å². The fourth-order valence-corrected chi connectivity index (χ4v) is 4.80. The van der Waals surface area contributed by atoms with Gasteiger partial charge in [0.15, 0.2) is 0 Å². The van der Waals surface area contributed by atoms with Crippen LogP contribution < -0.4 is 10.3 Å². The summed E-state index contributed by atoms with van der Waals surface area (Å²) in [6, 6.07) is 7.69. The molecular weight excluding hydrogens is 360 g/mol. The highest BCUT2D eigenvalue weighted by molar-refractivity contribution is 7.18. The number of aliphatic hydroxyl groups is 1. The number of aromatic nitrogens is 2. The second kappa shape index (κ2) is 7.66. The van der Waals surface area contributed by atoms with Crippen molar-refractivity contribution in [2.24, 2.45) is 0 Å². The van der Waals surface area contributed by atoms with Crippen LogP contribution in [0.1, 0.15) is 22.4 Å². The Bertz CT molecular complexity index is 1040. The topological polar surface area (TPSA) is 64.3 Å². The molecule has 27 heavy (non-hydrogen) atoms.